The van der Waals surface area contributed by atoms with Crippen molar-refractivity contribution in [1.29, 1.82) is 0 Å². The molecule has 2 saturated heterocycles. The van der Waals surface area contributed by atoms with Crippen LogP contribution in [0, 0.1) is 0 Å². The van der Waals surface area contributed by atoms with E-state index < -0.39 is 0 Å². The van der Waals surface area contributed by atoms with E-state index in [0.29, 0.717) is 6.10 Å². The molecule has 0 amide bonds. The Bertz CT molecular complexity index is 378. The Morgan fingerprint density at radius 1 is 1.05 bits per heavy atom. The molecule has 0 aliphatic carbocycles. The van der Waals surface area contributed by atoms with Crippen molar-refractivity contribution < 1.29 is 4.74 Å². The maximum Gasteiger partial charge on any atom is 0.0748 e. The first kappa shape index (κ1) is 12.8. The number of ether oxygens (including phenoxy) is 1. The predicted octanol–water partition coefficient (Wildman–Crippen LogP) is 3.27. The van der Waals surface area contributed by atoms with Crippen molar-refractivity contribution >= 4 is 11.4 Å². The van der Waals surface area contributed by atoms with Gasteiger partial charge >= 0.3 is 0 Å². The summed E-state index contributed by atoms with van der Waals surface area (Å²) in [6, 6.07) is 8.87. The van der Waals surface area contributed by atoms with E-state index in [4.69, 9.17) is 4.74 Å². The molecule has 0 saturated carbocycles. The van der Waals surface area contributed by atoms with Gasteiger partial charge in [0.2, 0.25) is 0 Å². The van der Waals surface area contributed by atoms with Gasteiger partial charge in [0, 0.05) is 37.6 Å². The van der Waals surface area contributed by atoms with Gasteiger partial charge in [-0.25, -0.2) is 0 Å². The Morgan fingerprint density at radius 2 is 1.84 bits per heavy atom. The summed E-state index contributed by atoms with van der Waals surface area (Å²) in [4.78, 5) is 2.49. The van der Waals surface area contributed by atoms with Gasteiger partial charge in [0.15, 0.2) is 0 Å². The van der Waals surface area contributed by atoms with Crippen molar-refractivity contribution in [3.05, 3.63) is 24.3 Å². The lowest BCUT2D eigenvalue weighted by atomic mass is 10.1. The average Bonchev–Trinajstić information content (AvgIpc) is 3.00. The summed E-state index contributed by atoms with van der Waals surface area (Å²) in [7, 11) is 0. The number of benzene rings is 1. The number of hydrogen-bond acceptors (Lipinski definition) is 3. The third-order valence-corrected chi connectivity index (χ3v) is 4.15. The van der Waals surface area contributed by atoms with E-state index in [9.17, 15) is 0 Å². The molecule has 19 heavy (non-hydrogen) atoms. The summed E-state index contributed by atoms with van der Waals surface area (Å²) in [6.07, 6.45) is 6.86. The fraction of sp³-hybridized carbons (Fsp3) is 0.625. The molecule has 1 atom stereocenters. The Morgan fingerprint density at radius 3 is 2.53 bits per heavy atom. The fourth-order valence-electron chi connectivity index (χ4n) is 2.98. The predicted molar refractivity (Wildman–Crippen MR) is 80.0 cm³/mol. The van der Waals surface area contributed by atoms with Crippen molar-refractivity contribution in [2.75, 3.05) is 36.5 Å². The first-order chi connectivity index (χ1) is 9.42. The normalized spacial score (nSPS) is 23.6. The van der Waals surface area contributed by atoms with Crippen LogP contribution in [0.2, 0.25) is 0 Å². The third kappa shape index (κ3) is 3.41. The van der Waals surface area contributed by atoms with E-state index >= 15 is 0 Å². The molecule has 104 valence electrons. The Kier molecular flexibility index (Phi) is 4.23. The van der Waals surface area contributed by atoms with Crippen LogP contribution in [-0.4, -0.2) is 32.3 Å². The molecule has 1 unspecified atom stereocenters. The maximum absolute atomic E-state index is 5.62. The number of nitrogens with one attached hydrogen (secondary N) is 1. The standard InChI is InChI=1S/C16H24N2O/c1-2-10-18(11-3-1)15-8-6-14(7-9-15)17-13-16-5-4-12-19-16/h6-9,16-17H,1-5,10-13H2. The van der Waals surface area contributed by atoms with Crippen LogP contribution in [0.25, 0.3) is 0 Å². The first-order valence-corrected chi connectivity index (χ1v) is 7.62. The number of piperidine rings is 1. The zero-order valence-electron chi connectivity index (χ0n) is 11.6. The van der Waals surface area contributed by atoms with E-state index in [1.165, 1.54) is 56.6 Å². The summed E-state index contributed by atoms with van der Waals surface area (Å²) in [6.45, 7) is 4.29. The lowest BCUT2D eigenvalue weighted by molar-refractivity contribution is 0.120. The van der Waals surface area contributed by atoms with Gasteiger partial charge in [0.05, 0.1) is 6.10 Å². The average molecular weight is 260 g/mol. The van der Waals surface area contributed by atoms with Crippen LogP contribution in [0.15, 0.2) is 24.3 Å². The molecule has 0 bridgehead atoms. The minimum atomic E-state index is 0.404. The molecule has 2 heterocycles. The van der Waals surface area contributed by atoms with Gasteiger partial charge in [-0.15, -0.1) is 0 Å². The van der Waals surface area contributed by atoms with Gasteiger partial charge < -0.3 is 15.0 Å². The molecule has 2 aliphatic heterocycles. The smallest absolute Gasteiger partial charge is 0.0748 e. The Labute approximate surface area is 115 Å². The van der Waals surface area contributed by atoms with Crippen molar-refractivity contribution in [2.45, 2.75) is 38.2 Å². The molecular weight excluding hydrogens is 236 g/mol. The number of rotatable bonds is 4. The third-order valence-electron chi connectivity index (χ3n) is 4.15. The Balaban J connectivity index is 1.52. The van der Waals surface area contributed by atoms with Gasteiger partial charge in [-0.1, -0.05) is 0 Å². The number of anilines is 2. The molecule has 1 N–H and O–H groups in total. The topological polar surface area (TPSA) is 24.5 Å². The van der Waals surface area contributed by atoms with Crippen molar-refractivity contribution in [3.8, 4) is 0 Å². The van der Waals surface area contributed by atoms with Gasteiger partial charge in [-0.2, -0.15) is 0 Å². The van der Waals surface area contributed by atoms with E-state index in [2.05, 4.69) is 34.5 Å². The van der Waals surface area contributed by atoms with Crippen LogP contribution in [-0.2, 0) is 4.74 Å². The maximum atomic E-state index is 5.62. The Hall–Kier alpha value is -1.22. The van der Waals surface area contributed by atoms with Crippen molar-refractivity contribution in [2.24, 2.45) is 0 Å². The molecule has 3 nitrogen and oxygen atoms in total. The highest BCUT2D eigenvalue weighted by atomic mass is 16.5. The minimum absolute atomic E-state index is 0.404. The summed E-state index contributed by atoms with van der Waals surface area (Å²) in [5, 5.41) is 3.47. The fourth-order valence-corrected chi connectivity index (χ4v) is 2.98. The van der Waals surface area contributed by atoms with Crippen LogP contribution in [0.3, 0.4) is 0 Å². The highest BCUT2D eigenvalue weighted by molar-refractivity contribution is 5.55. The van der Waals surface area contributed by atoms with Crippen LogP contribution in [0.1, 0.15) is 32.1 Å². The van der Waals surface area contributed by atoms with E-state index in [1.807, 2.05) is 0 Å². The zero-order chi connectivity index (χ0) is 12.9. The molecule has 1 aromatic rings. The molecule has 0 radical (unpaired) electrons. The molecule has 2 aliphatic rings. The quantitative estimate of drug-likeness (QED) is 0.899. The molecular formula is C16H24N2O. The highest BCUT2D eigenvalue weighted by Gasteiger charge is 2.15. The second-order valence-corrected chi connectivity index (χ2v) is 5.61. The highest BCUT2D eigenvalue weighted by Crippen LogP contribution is 2.22. The summed E-state index contributed by atoms with van der Waals surface area (Å²) >= 11 is 0. The van der Waals surface area contributed by atoms with Gasteiger partial charge in [-0.05, 0) is 56.4 Å². The monoisotopic (exact) mass is 260 g/mol. The summed E-state index contributed by atoms with van der Waals surface area (Å²) in [5.74, 6) is 0. The van der Waals surface area contributed by atoms with Gasteiger partial charge in [0.1, 0.15) is 0 Å². The lowest BCUT2D eigenvalue weighted by Gasteiger charge is -2.29. The minimum Gasteiger partial charge on any atom is -0.382 e. The first-order valence-electron chi connectivity index (χ1n) is 7.62. The summed E-state index contributed by atoms with van der Waals surface area (Å²) < 4.78 is 5.62. The van der Waals surface area contributed by atoms with Crippen LogP contribution < -0.4 is 10.2 Å². The van der Waals surface area contributed by atoms with Crippen LogP contribution >= 0.6 is 0 Å². The zero-order valence-corrected chi connectivity index (χ0v) is 11.6. The largest absolute Gasteiger partial charge is 0.382 e. The molecule has 1 aromatic carbocycles. The van der Waals surface area contributed by atoms with E-state index in [1.54, 1.807) is 0 Å². The lowest BCUT2D eigenvalue weighted by Crippen LogP contribution is -2.29. The molecule has 0 spiro atoms. The van der Waals surface area contributed by atoms with Crippen molar-refractivity contribution in [3.63, 3.8) is 0 Å². The second kappa shape index (κ2) is 6.29. The van der Waals surface area contributed by atoms with Crippen LogP contribution in [0.4, 0.5) is 11.4 Å². The number of hydrogen-bond donors (Lipinski definition) is 1. The second-order valence-electron chi connectivity index (χ2n) is 5.61. The number of nitrogens with zero attached hydrogens (tertiary/aromatic N) is 1. The van der Waals surface area contributed by atoms with E-state index in [0.717, 1.165) is 13.2 Å². The van der Waals surface area contributed by atoms with E-state index in [-0.39, 0.29) is 0 Å². The molecule has 2 fully saturated rings. The molecule has 3 heteroatoms. The van der Waals surface area contributed by atoms with Gasteiger partial charge in [-0.3, -0.25) is 0 Å². The van der Waals surface area contributed by atoms with Gasteiger partial charge in [0.25, 0.3) is 0 Å². The van der Waals surface area contributed by atoms with Crippen molar-refractivity contribution in [1.82, 2.24) is 0 Å². The molecule has 0 aromatic heterocycles. The SMILES string of the molecule is c1cc(N2CCCCC2)ccc1NCC1CCCO1. The summed E-state index contributed by atoms with van der Waals surface area (Å²) in [5.41, 5.74) is 2.57. The molecule has 3 rings (SSSR count). The van der Waals surface area contributed by atoms with Crippen LogP contribution in [0.5, 0.6) is 0 Å².